The highest BCUT2D eigenvalue weighted by Crippen LogP contribution is 2.27. The first-order valence-electron chi connectivity index (χ1n) is 6.87. The van der Waals surface area contributed by atoms with Crippen LogP contribution in [0, 0.1) is 5.92 Å². The van der Waals surface area contributed by atoms with Crippen molar-refractivity contribution >= 4 is 29.1 Å². The molecule has 2 atom stereocenters. The monoisotopic (exact) mass is 310 g/mol. The Morgan fingerprint density at radius 3 is 2.67 bits per heavy atom. The SMILES string of the molecule is CC(CO)N(C)C(=O)C1CC(=O)N(c2ccc(Cl)cc2)C1. The molecule has 0 saturated carbocycles. The summed E-state index contributed by atoms with van der Waals surface area (Å²) in [6, 6.07) is 6.73. The lowest BCUT2D eigenvalue weighted by Crippen LogP contribution is -2.41. The minimum absolute atomic E-state index is 0.0688. The molecule has 1 heterocycles. The molecule has 114 valence electrons. The largest absolute Gasteiger partial charge is 0.394 e. The molecule has 0 radical (unpaired) electrons. The number of nitrogens with zero attached hydrogens (tertiary/aromatic N) is 2. The van der Waals surface area contributed by atoms with Gasteiger partial charge in [-0.05, 0) is 31.2 Å². The summed E-state index contributed by atoms with van der Waals surface area (Å²) in [5.41, 5.74) is 0.748. The van der Waals surface area contributed by atoms with Crippen LogP contribution in [0.4, 0.5) is 5.69 Å². The molecule has 0 bridgehead atoms. The van der Waals surface area contributed by atoms with E-state index in [9.17, 15) is 9.59 Å². The van der Waals surface area contributed by atoms with Crippen molar-refractivity contribution < 1.29 is 14.7 Å². The molecule has 2 amide bonds. The highest BCUT2D eigenvalue weighted by molar-refractivity contribution is 6.30. The number of amides is 2. The molecule has 1 N–H and O–H groups in total. The van der Waals surface area contributed by atoms with Crippen molar-refractivity contribution in [1.29, 1.82) is 0 Å². The van der Waals surface area contributed by atoms with Crippen molar-refractivity contribution in [3.8, 4) is 0 Å². The van der Waals surface area contributed by atoms with E-state index in [0.717, 1.165) is 5.69 Å². The molecule has 1 fully saturated rings. The third-order valence-corrected chi connectivity index (χ3v) is 4.14. The summed E-state index contributed by atoms with van der Waals surface area (Å²) in [6.07, 6.45) is 0.198. The van der Waals surface area contributed by atoms with Crippen molar-refractivity contribution in [2.24, 2.45) is 5.92 Å². The van der Waals surface area contributed by atoms with E-state index in [2.05, 4.69) is 0 Å². The van der Waals surface area contributed by atoms with Crippen LogP contribution >= 0.6 is 11.6 Å². The van der Waals surface area contributed by atoms with Gasteiger partial charge in [0.25, 0.3) is 0 Å². The Morgan fingerprint density at radius 1 is 1.48 bits per heavy atom. The van der Waals surface area contributed by atoms with Gasteiger partial charge in [-0.1, -0.05) is 11.6 Å². The number of aliphatic hydroxyl groups is 1. The topological polar surface area (TPSA) is 60.9 Å². The highest BCUT2D eigenvalue weighted by atomic mass is 35.5. The van der Waals surface area contributed by atoms with E-state index in [1.807, 2.05) is 0 Å². The van der Waals surface area contributed by atoms with Gasteiger partial charge in [0, 0.05) is 30.7 Å². The van der Waals surface area contributed by atoms with Gasteiger partial charge in [0.05, 0.1) is 18.6 Å². The molecule has 1 aromatic rings. The number of hydrogen-bond acceptors (Lipinski definition) is 3. The first kappa shape index (κ1) is 15.8. The molecule has 1 aliphatic rings. The molecular formula is C15H19ClN2O3. The van der Waals surface area contributed by atoms with Gasteiger partial charge in [-0.3, -0.25) is 9.59 Å². The molecule has 0 aliphatic carbocycles. The number of aliphatic hydroxyl groups excluding tert-OH is 1. The zero-order valence-corrected chi connectivity index (χ0v) is 12.9. The Morgan fingerprint density at radius 2 is 2.10 bits per heavy atom. The molecule has 6 heteroatoms. The van der Waals surface area contributed by atoms with Crippen LogP contribution in [0.5, 0.6) is 0 Å². The number of carbonyl (C=O) groups is 2. The fourth-order valence-electron chi connectivity index (χ4n) is 2.37. The molecule has 0 aromatic heterocycles. The standard InChI is InChI=1S/C15H19ClN2O3/c1-10(9-19)17(2)15(21)11-7-14(20)18(8-11)13-5-3-12(16)4-6-13/h3-6,10-11,19H,7-9H2,1-2H3. The van der Waals surface area contributed by atoms with E-state index < -0.39 is 0 Å². The summed E-state index contributed by atoms with van der Waals surface area (Å²) in [5.74, 6) is -0.547. The summed E-state index contributed by atoms with van der Waals surface area (Å²) in [5, 5.41) is 9.73. The predicted molar refractivity (Wildman–Crippen MR) is 81.2 cm³/mol. The normalized spacial score (nSPS) is 19.7. The number of hydrogen-bond donors (Lipinski definition) is 1. The van der Waals surface area contributed by atoms with Crippen molar-refractivity contribution in [2.45, 2.75) is 19.4 Å². The van der Waals surface area contributed by atoms with Crippen LogP contribution in [-0.2, 0) is 9.59 Å². The maximum Gasteiger partial charge on any atom is 0.228 e. The van der Waals surface area contributed by atoms with E-state index in [4.69, 9.17) is 16.7 Å². The quantitative estimate of drug-likeness (QED) is 0.917. The number of halogens is 1. The maximum atomic E-state index is 12.3. The van der Waals surface area contributed by atoms with Gasteiger partial charge in [-0.25, -0.2) is 0 Å². The van der Waals surface area contributed by atoms with E-state index in [0.29, 0.717) is 11.6 Å². The summed E-state index contributed by atoms with van der Waals surface area (Å²) in [6.45, 7) is 2.04. The average molecular weight is 311 g/mol. The Bertz CT molecular complexity index is 532. The average Bonchev–Trinajstić information content (AvgIpc) is 2.87. The van der Waals surface area contributed by atoms with Crippen LogP contribution in [0.1, 0.15) is 13.3 Å². The van der Waals surface area contributed by atoms with Gasteiger partial charge in [-0.2, -0.15) is 0 Å². The highest BCUT2D eigenvalue weighted by Gasteiger charge is 2.37. The van der Waals surface area contributed by atoms with Gasteiger partial charge in [0.2, 0.25) is 11.8 Å². The Balaban J connectivity index is 2.09. The second kappa shape index (κ2) is 6.45. The van der Waals surface area contributed by atoms with E-state index in [1.165, 1.54) is 4.90 Å². The number of rotatable bonds is 4. The summed E-state index contributed by atoms with van der Waals surface area (Å²) in [7, 11) is 1.65. The molecule has 0 spiro atoms. The molecule has 5 nitrogen and oxygen atoms in total. The minimum atomic E-state index is -0.368. The fourth-order valence-corrected chi connectivity index (χ4v) is 2.50. The van der Waals surface area contributed by atoms with Gasteiger partial charge < -0.3 is 14.9 Å². The lowest BCUT2D eigenvalue weighted by Gasteiger charge is -2.26. The van der Waals surface area contributed by atoms with Crippen molar-refractivity contribution in [3.05, 3.63) is 29.3 Å². The Labute approximate surface area is 129 Å². The van der Waals surface area contributed by atoms with E-state index >= 15 is 0 Å². The van der Waals surface area contributed by atoms with Crippen LogP contribution in [0.3, 0.4) is 0 Å². The second-order valence-electron chi connectivity index (χ2n) is 5.36. The molecule has 21 heavy (non-hydrogen) atoms. The summed E-state index contributed by atoms with van der Waals surface area (Å²) in [4.78, 5) is 27.6. The fraction of sp³-hybridized carbons (Fsp3) is 0.467. The van der Waals surface area contributed by atoms with Crippen molar-refractivity contribution in [1.82, 2.24) is 4.90 Å². The summed E-state index contributed by atoms with van der Waals surface area (Å²) >= 11 is 5.84. The molecule has 2 unspecified atom stereocenters. The van der Waals surface area contributed by atoms with Crippen LogP contribution in [-0.4, -0.2) is 48.1 Å². The minimum Gasteiger partial charge on any atom is -0.394 e. The van der Waals surface area contributed by atoms with Gasteiger partial charge >= 0.3 is 0 Å². The number of anilines is 1. The third-order valence-electron chi connectivity index (χ3n) is 3.89. The number of likely N-dealkylation sites (N-methyl/N-ethyl adjacent to an activating group) is 1. The zero-order chi connectivity index (χ0) is 15.6. The molecule has 1 saturated heterocycles. The molecule has 1 aromatic carbocycles. The third kappa shape index (κ3) is 3.36. The maximum absolute atomic E-state index is 12.3. The predicted octanol–water partition coefficient (Wildman–Crippen LogP) is 1.53. The van der Waals surface area contributed by atoms with Crippen molar-refractivity contribution in [3.63, 3.8) is 0 Å². The van der Waals surface area contributed by atoms with Crippen LogP contribution < -0.4 is 4.90 Å². The first-order valence-corrected chi connectivity index (χ1v) is 7.25. The lowest BCUT2D eigenvalue weighted by molar-refractivity contribution is -0.137. The smallest absolute Gasteiger partial charge is 0.228 e. The van der Waals surface area contributed by atoms with Gasteiger partial charge in [-0.15, -0.1) is 0 Å². The van der Waals surface area contributed by atoms with Crippen LogP contribution in [0.25, 0.3) is 0 Å². The molecule has 2 rings (SSSR count). The Kier molecular flexibility index (Phi) is 4.85. The summed E-state index contributed by atoms with van der Waals surface area (Å²) < 4.78 is 0. The lowest BCUT2D eigenvalue weighted by atomic mass is 10.1. The number of benzene rings is 1. The number of carbonyl (C=O) groups excluding carboxylic acids is 2. The Hall–Kier alpha value is -1.59. The van der Waals surface area contributed by atoms with Gasteiger partial charge in [0.15, 0.2) is 0 Å². The molecule has 1 aliphatic heterocycles. The van der Waals surface area contributed by atoms with E-state index in [-0.39, 0.29) is 36.8 Å². The molecular weight excluding hydrogens is 292 g/mol. The van der Waals surface area contributed by atoms with E-state index in [1.54, 1.807) is 43.1 Å². The van der Waals surface area contributed by atoms with Crippen LogP contribution in [0.2, 0.25) is 5.02 Å². The van der Waals surface area contributed by atoms with Crippen molar-refractivity contribution in [2.75, 3.05) is 25.1 Å². The second-order valence-corrected chi connectivity index (χ2v) is 5.80. The zero-order valence-electron chi connectivity index (χ0n) is 12.1. The van der Waals surface area contributed by atoms with Gasteiger partial charge in [0.1, 0.15) is 0 Å². The van der Waals surface area contributed by atoms with Crippen LogP contribution in [0.15, 0.2) is 24.3 Å². The first-order chi connectivity index (χ1) is 9.93.